The monoisotopic (exact) mass is 430 g/mol. The highest BCUT2D eigenvalue weighted by molar-refractivity contribution is 7.89. The van der Waals surface area contributed by atoms with Crippen molar-refractivity contribution in [2.75, 3.05) is 0 Å². The fraction of sp³-hybridized carbons (Fsp3) is 0.350. The van der Waals surface area contributed by atoms with Crippen LogP contribution in [0.25, 0.3) is 11.4 Å². The first-order valence-corrected chi connectivity index (χ1v) is 10.9. The number of rotatable bonds is 6. The van der Waals surface area contributed by atoms with Crippen molar-refractivity contribution in [2.45, 2.75) is 44.0 Å². The molecule has 0 atom stereocenters. The van der Waals surface area contributed by atoms with Crippen molar-refractivity contribution in [1.82, 2.24) is 14.7 Å². The van der Waals surface area contributed by atoms with E-state index in [1.807, 2.05) is 0 Å². The Kier molecular flexibility index (Phi) is 5.82. The molecule has 160 valence electrons. The quantitative estimate of drug-likeness (QED) is 0.404. The summed E-state index contributed by atoms with van der Waals surface area (Å²) in [4.78, 5) is 12.5. The van der Waals surface area contributed by atoms with Gasteiger partial charge < -0.3 is 16.6 Å². The fourth-order valence-electron chi connectivity index (χ4n) is 2.71. The SMILES string of the molecule is CC(C)(C)NS(=O)(=O)c1cccc(-c2ncc(O)c(N=C(N)/C=C(\N)C3CC3)n2)c1. The van der Waals surface area contributed by atoms with Crippen molar-refractivity contribution in [3.05, 3.63) is 42.2 Å². The number of hydrogen-bond donors (Lipinski definition) is 4. The van der Waals surface area contributed by atoms with E-state index in [4.69, 9.17) is 11.5 Å². The highest BCUT2D eigenvalue weighted by Gasteiger charge is 2.24. The van der Waals surface area contributed by atoms with Crippen LogP contribution < -0.4 is 16.2 Å². The van der Waals surface area contributed by atoms with Crippen molar-refractivity contribution < 1.29 is 13.5 Å². The summed E-state index contributed by atoms with van der Waals surface area (Å²) in [6.45, 7) is 5.28. The third-order valence-electron chi connectivity index (χ3n) is 4.19. The van der Waals surface area contributed by atoms with Gasteiger partial charge in [0.25, 0.3) is 0 Å². The van der Waals surface area contributed by atoms with E-state index < -0.39 is 15.6 Å². The van der Waals surface area contributed by atoms with E-state index in [0.717, 1.165) is 12.8 Å². The number of hydrogen-bond acceptors (Lipinski definition) is 7. The van der Waals surface area contributed by atoms with Crippen LogP contribution in [0.4, 0.5) is 5.82 Å². The minimum atomic E-state index is -3.73. The van der Waals surface area contributed by atoms with Crippen LogP contribution in [0.3, 0.4) is 0 Å². The number of aromatic nitrogens is 2. The number of sulfonamides is 1. The maximum atomic E-state index is 12.6. The third-order valence-corrected chi connectivity index (χ3v) is 5.95. The molecule has 1 fully saturated rings. The molecule has 1 aliphatic rings. The van der Waals surface area contributed by atoms with E-state index in [1.54, 1.807) is 39.0 Å². The van der Waals surface area contributed by atoms with Crippen molar-refractivity contribution in [3.63, 3.8) is 0 Å². The van der Waals surface area contributed by atoms with Gasteiger partial charge in [0.05, 0.1) is 11.1 Å². The number of allylic oxidation sites excluding steroid dienone is 1. The van der Waals surface area contributed by atoms with E-state index in [9.17, 15) is 13.5 Å². The van der Waals surface area contributed by atoms with Gasteiger partial charge in [0.15, 0.2) is 17.4 Å². The molecule has 0 spiro atoms. The Morgan fingerprint density at radius 3 is 2.63 bits per heavy atom. The number of amidine groups is 1. The lowest BCUT2D eigenvalue weighted by Gasteiger charge is -2.20. The first-order valence-electron chi connectivity index (χ1n) is 9.46. The second-order valence-corrected chi connectivity index (χ2v) is 9.92. The molecule has 0 bridgehead atoms. The zero-order valence-corrected chi connectivity index (χ0v) is 17.9. The average Bonchev–Trinajstić information content (AvgIpc) is 3.47. The molecule has 0 unspecified atom stereocenters. The Balaban J connectivity index is 1.94. The van der Waals surface area contributed by atoms with Gasteiger partial charge >= 0.3 is 0 Å². The Morgan fingerprint density at radius 2 is 2.00 bits per heavy atom. The average molecular weight is 431 g/mol. The largest absolute Gasteiger partial charge is 0.503 e. The number of aromatic hydroxyl groups is 1. The molecular weight excluding hydrogens is 404 g/mol. The zero-order chi connectivity index (χ0) is 22.1. The molecule has 1 aliphatic carbocycles. The van der Waals surface area contributed by atoms with Crippen molar-refractivity contribution in [3.8, 4) is 17.1 Å². The summed E-state index contributed by atoms with van der Waals surface area (Å²) in [5, 5.41) is 10.1. The molecule has 3 rings (SSSR count). The maximum absolute atomic E-state index is 12.6. The molecule has 0 aliphatic heterocycles. The summed E-state index contributed by atoms with van der Waals surface area (Å²) in [6.07, 6.45) is 4.81. The Bertz CT molecular complexity index is 1120. The molecule has 0 amide bonds. The third kappa shape index (κ3) is 5.55. The van der Waals surface area contributed by atoms with E-state index >= 15 is 0 Å². The minimum absolute atomic E-state index is 0.0292. The van der Waals surface area contributed by atoms with Gasteiger partial charge in [-0.05, 0) is 57.7 Å². The Hall–Kier alpha value is -2.98. The van der Waals surface area contributed by atoms with E-state index in [-0.39, 0.29) is 28.1 Å². The number of benzene rings is 1. The van der Waals surface area contributed by atoms with Gasteiger partial charge in [0.2, 0.25) is 10.0 Å². The molecule has 2 aromatic rings. The second-order valence-electron chi connectivity index (χ2n) is 8.24. The summed E-state index contributed by atoms with van der Waals surface area (Å²) in [7, 11) is -3.73. The molecule has 30 heavy (non-hydrogen) atoms. The molecule has 0 saturated heterocycles. The maximum Gasteiger partial charge on any atom is 0.241 e. The van der Waals surface area contributed by atoms with Crippen LogP contribution in [0.2, 0.25) is 0 Å². The van der Waals surface area contributed by atoms with Gasteiger partial charge in [-0.3, -0.25) is 0 Å². The smallest absolute Gasteiger partial charge is 0.241 e. The molecule has 6 N–H and O–H groups in total. The molecule has 9 nitrogen and oxygen atoms in total. The second kappa shape index (κ2) is 8.04. The van der Waals surface area contributed by atoms with E-state index in [0.29, 0.717) is 17.2 Å². The number of nitrogens with zero attached hydrogens (tertiary/aromatic N) is 3. The van der Waals surface area contributed by atoms with Gasteiger partial charge in [-0.15, -0.1) is 0 Å². The molecule has 1 aromatic carbocycles. The summed E-state index contributed by atoms with van der Waals surface area (Å²) in [6, 6.07) is 6.21. The zero-order valence-electron chi connectivity index (χ0n) is 17.1. The predicted molar refractivity (Wildman–Crippen MR) is 115 cm³/mol. The standard InChI is InChI=1S/C20H26N6O3S/c1-20(2,3)26-30(28,29)14-6-4-5-13(9-14)18-23-11-16(27)19(25-18)24-17(22)10-15(21)12-7-8-12/h4-6,9-12,26-27H,7-8,21H2,1-3H3,(H2,22,23,24,25)/b15-10-. The minimum Gasteiger partial charge on any atom is -0.503 e. The Labute approximate surface area is 176 Å². The highest BCUT2D eigenvalue weighted by atomic mass is 32.2. The van der Waals surface area contributed by atoms with Gasteiger partial charge in [-0.2, -0.15) is 0 Å². The fourth-order valence-corrected chi connectivity index (χ4v) is 4.18. The summed E-state index contributed by atoms with van der Waals surface area (Å²) < 4.78 is 27.8. The number of aliphatic imine (C=N–C) groups is 1. The van der Waals surface area contributed by atoms with E-state index in [1.165, 1.54) is 18.3 Å². The Morgan fingerprint density at radius 1 is 1.30 bits per heavy atom. The molecule has 1 saturated carbocycles. The molecular formula is C20H26N6O3S. The summed E-state index contributed by atoms with van der Waals surface area (Å²) >= 11 is 0. The van der Waals surface area contributed by atoms with Crippen molar-refractivity contribution in [2.24, 2.45) is 22.4 Å². The first kappa shape index (κ1) is 21.7. The van der Waals surface area contributed by atoms with Crippen molar-refractivity contribution in [1.29, 1.82) is 0 Å². The topological polar surface area (TPSA) is 157 Å². The first-order chi connectivity index (χ1) is 13.9. The van der Waals surface area contributed by atoms with Crippen LogP contribution in [0.1, 0.15) is 33.6 Å². The normalized spacial score (nSPS) is 16.0. The van der Waals surface area contributed by atoms with Crippen LogP contribution in [0, 0.1) is 5.92 Å². The van der Waals surface area contributed by atoms with Crippen LogP contribution in [-0.2, 0) is 10.0 Å². The molecule has 1 aromatic heterocycles. The lowest BCUT2D eigenvalue weighted by Crippen LogP contribution is -2.40. The van der Waals surface area contributed by atoms with Crippen LogP contribution in [0.5, 0.6) is 5.75 Å². The van der Waals surface area contributed by atoms with Crippen LogP contribution >= 0.6 is 0 Å². The van der Waals surface area contributed by atoms with Gasteiger partial charge in [-0.1, -0.05) is 12.1 Å². The molecule has 1 heterocycles. The van der Waals surface area contributed by atoms with Gasteiger partial charge in [0, 0.05) is 16.8 Å². The lowest BCUT2D eigenvalue weighted by molar-refractivity contribution is 0.471. The highest BCUT2D eigenvalue weighted by Crippen LogP contribution is 2.33. The van der Waals surface area contributed by atoms with Gasteiger partial charge in [-0.25, -0.2) is 28.1 Å². The van der Waals surface area contributed by atoms with Crippen molar-refractivity contribution >= 4 is 21.7 Å². The summed E-state index contributed by atoms with van der Waals surface area (Å²) in [5.41, 5.74) is 12.3. The number of nitrogens with one attached hydrogen (secondary N) is 1. The predicted octanol–water partition coefficient (Wildman–Crippen LogP) is 2.17. The van der Waals surface area contributed by atoms with Crippen LogP contribution in [0.15, 0.2) is 52.1 Å². The van der Waals surface area contributed by atoms with Crippen LogP contribution in [-0.4, -0.2) is 34.9 Å². The molecule has 10 heteroatoms. The lowest BCUT2D eigenvalue weighted by atomic mass is 10.1. The van der Waals surface area contributed by atoms with E-state index in [2.05, 4.69) is 19.7 Å². The van der Waals surface area contributed by atoms with Gasteiger partial charge in [0.1, 0.15) is 5.84 Å². The summed E-state index contributed by atoms with van der Waals surface area (Å²) in [5.74, 6) is 0.368. The number of nitrogens with two attached hydrogens (primary N) is 2. The molecule has 0 radical (unpaired) electrons.